The first kappa shape index (κ1) is 15.9. The summed E-state index contributed by atoms with van der Waals surface area (Å²) in [5.74, 6) is -0.0802. The van der Waals surface area contributed by atoms with Crippen molar-refractivity contribution in [1.29, 1.82) is 0 Å². The van der Waals surface area contributed by atoms with Crippen LogP contribution in [-0.4, -0.2) is 23.7 Å². The first-order chi connectivity index (χ1) is 8.90. The number of nitrogens with zero attached hydrogens (tertiary/aromatic N) is 1. The monoisotopic (exact) mass is 330 g/mol. The normalized spacial score (nSPS) is 13.9. The summed E-state index contributed by atoms with van der Waals surface area (Å²) in [6.07, 6.45) is 1.93. The summed E-state index contributed by atoms with van der Waals surface area (Å²) >= 11 is 3.17. The lowest BCUT2D eigenvalue weighted by Gasteiger charge is -2.20. The van der Waals surface area contributed by atoms with Crippen LogP contribution in [0.3, 0.4) is 0 Å². The molecule has 19 heavy (non-hydrogen) atoms. The molecule has 0 fully saturated rings. The molecule has 1 rings (SSSR count). The van der Waals surface area contributed by atoms with E-state index in [-0.39, 0.29) is 17.4 Å². The molecule has 2 atom stereocenters. The lowest BCUT2D eigenvalue weighted by molar-refractivity contribution is -0.128. The van der Waals surface area contributed by atoms with E-state index in [1.165, 1.54) is 11.7 Å². The first-order valence-electron chi connectivity index (χ1n) is 6.10. The number of methoxy groups -OCH3 is 1. The van der Waals surface area contributed by atoms with Crippen molar-refractivity contribution in [3.05, 3.63) is 27.1 Å². The molecule has 0 aliphatic heterocycles. The fourth-order valence-corrected chi connectivity index (χ4v) is 2.29. The number of halogens is 1. The van der Waals surface area contributed by atoms with Gasteiger partial charge in [-0.3, -0.25) is 9.59 Å². The van der Waals surface area contributed by atoms with Gasteiger partial charge in [0.15, 0.2) is 0 Å². The SMILES string of the molecule is CCC(C)C(OC)C(=O)Nc1cc(Br)c(=O)n(C)c1. The Hall–Kier alpha value is -1.14. The lowest BCUT2D eigenvalue weighted by atomic mass is 10.0. The molecule has 0 radical (unpaired) electrons. The van der Waals surface area contributed by atoms with E-state index in [1.807, 2.05) is 13.8 Å². The Kier molecular flexibility index (Phi) is 5.75. The second-order valence-corrected chi connectivity index (χ2v) is 5.38. The molecule has 0 aliphatic carbocycles. The van der Waals surface area contributed by atoms with Crippen molar-refractivity contribution in [2.75, 3.05) is 12.4 Å². The fraction of sp³-hybridized carbons (Fsp3) is 0.538. The third kappa shape index (κ3) is 3.91. The van der Waals surface area contributed by atoms with Crippen molar-refractivity contribution in [2.24, 2.45) is 13.0 Å². The zero-order valence-electron chi connectivity index (χ0n) is 11.6. The molecule has 0 spiro atoms. The van der Waals surface area contributed by atoms with Crippen LogP contribution in [0.25, 0.3) is 0 Å². The van der Waals surface area contributed by atoms with Crippen molar-refractivity contribution in [3.63, 3.8) is 0 Å². The summed E-state index contributed by atoms with van der Waals surface area (Å²) in [7, 11) is 3.15. The van der Waals surface area contributed by atoms with Gasteiger partial charge in [0, 0.05) is 20.4 Å². The van der Waals surface area contributed by atoms with Gasteiger partial charge in [0.05, 0.1) is 10.2 Å². The predicted octanol–water partition coefficient (Wildman–Crippen LogP) is 2.15. The second-order valence-electron chi connectivity index (χ2n) is 4.52. The molecule has 1 aromatic rings. The molecular formula is C13H19BrN2O3. The van der Waals surface area contributed by atoms with Crippen LogP contribution in [0, 0.1) is 5.92 Å². The minimum Gasteiger partial charge on any atom is -0.371 e. The molecule has 0 aromatic carbocycles. The molecule has 0 bridgehead atoms. The highest BCUT2D eigenvalue weighted by molar-refractivity contribution is 9.10. The number of nitrogens with one attached hydrogen (secondary N) is 1. The van der Waals surface area contributed by atoms with E-state index in [4.69, 9.17) is 4.74 Å². The van der Waals surface area contributed by atoms with E-state index in [1.54, 1.807) is 19.3 Å². The van der Waals surface area contributed by atoms with E-state index < -0.39 is 6.10 Å². The smallest absolute Gasteiger partial charge is 0.264 e. The minimum atomic E-state index is -0.499. The number of carbonyl (C=O) groups is 1. The van der Waals surface area contributed by atoms with Gasteiger partial charge >= 0.3 is 0 Å². The molecule has 1 aromatic heterocycles. The average molecular weight is 331 g/mol. The number of aryl methyl sites for hydroxylation is 1. The highest BCUT2D eigenvalue weighted by Crippen LogP contribution is 2.15. The van der Waals surface area contributed by atoms with Crippen molar-refractivity contribution < 1.29 is 9.53 Å². The van der Waals surface area contributed by atoms with Crippen LogP contribution < -0.4 is 10.9 Å². The number of rotatable bonds is 5. The van der Waals surface area contributed by atoms with Gasteiger partial charge in [-0.2, -0.15) is 0 Å². The Bertz CT molecular complexity index is 487. The summed E-state index contributed by atoms with van der Waals surface area (Å²) in [6.45, 7) is 3.97. The van der Waals surface area contributed by atoms with Crippen LogP contribution in [0.1, 0.15) is 20.3 Å². The van der Waals surface area contributed by atoms with Crippen molar-refractivity contribution >= 4 is 27.5 Å². The van der Waals surface area contributed by atoms with Crippen LogP contribution in [-0.2, 0) is 16.6 Å². The second kappa shape index (κ2) is 6.86. The number of anilines is 1. The number of aromatic nitrogens is 1. The number of hydrogen-bond acceptors (Lipinski definition) is 3. The Morgan fingerprint density at radius 3 is 2.68 bits per heavy atom. The molecule has 0 saturated carbocycles. The Balaban J connectivity index is 2.90. The van der Waals surface area contributed by atoms with Gasteiger partial charge in [0.2, 0.25) is 0 Å². The number of ether oxygens (including phenoxy) is 1. The molecule has 1 amide bonds. The molecule has 0 aliphatic rings. The summed E-state index contributed by atoms with van der Waals surface area (Å²) in [6, 6.07) is 1.59. The van der Waals surface area contributed by atoms with Gasteiger partial charge in [0.25, 0.3) is 11.5 Å². The number of hydrogen-bond donors (Lipinski definition) is 1. The Morgan fingerprint density at radius 2 is 2.21 bits per heavy atom. The van der Waals surface area contributed by atoms with Crippen LogP contribution in [0.4, 0.5) is 5.69 Å². The Morgan fingerprint density at radius 1 is 1.58 bits per heavy atom. The highest BCUT2D eigenvalue weighted by Gasteiger charge is 2.23. The molecule has 5 nitrogen and oxygen atoms in total. The Labute approximate surface area is 121 Å². The predicted molar refractivity (Wildman–Crippen MR) is 78.3 cm³/mol. The van der Waals surface area contributed by atoms with Gasteiger partial charge < -0.3 is 14.6 Å². The molecule has 106 valence electrons. The minimum absolute atomic E-state index is 0.126. The maximum absolute atomic E-state index is 12.1. The van der Waals surface area contributed by atoms with E-state index >= 15 is 0 Å². The summed E-state index contributed by atoms with van der Waals surface area (Å²) in [5, 5.41) is 2.76. The standard InChI is InChI=1S/C13H19BrN2O3/c1-5-8(2)11(19-4)12(17)15-9-6-10(14)13(18)16(3)7-9/h6-8,11H,5H2,1-4H3,(H,15,17). The number of pyridine rings is 1. The molecular weight excluding hydrogens is 312 g/mol. The van der Waals surface area contributed by atoms with Crippen LogP contribution in [0.15, 0.2) is 21.5 Å². The maximum Gasteiger partial charge on any atom is 0.264 e. The molecule has 2 unspecified atom stereocenters. The van der Waals surface area contributed by atoms with Gasteiger partial charge in [-0.15, -0.1) is 0 Å². The largest absolute Gasteiger partial charge is 0.371 e. The van der Waals surface area contributed by atoms with E-state index in [2.05, 4.69) is 21.2 Å². The van der Waals surface area contributed by atoms with Gasteiger partial charge in [-0.25, -0.2) is 0 Å². The quantitative estimate of drug-likeness (QED) is 0.899. The zero-order valence-corrected chi connectivity index (χ0v) is 13.2. The third-order valence-electron chi connectivity index (χ3n) is 3.08. The van der Waals surface area contributed by atoms with E-state index in [0.717, 1.165) is 6.42 Å². The van der Waals surface area contributed by atoms with Crippen molar-refractivity contribution in [2.45, 2.75) is 26.4 Å². The number of amides is 1. The number of carbonyl (C=O) groups excluding carboxylic acids is 1. The highest BCUT2D eigenvalue weighted by atomic mass is 79.9. The topological polar surface area (TPSA) is 60.3 Å². The lowest BCUT2D eigenvalue weighted by Crippen LogP contribution is -2.35. The first-order valence-corrected chi connectivity index (χ1v) is 6.89. The van der Waals surface area contributed by atoms with Crippen molar-refractivity contribution in [1.82, 2.24) is 4.57 Å². The van der Waals surface area contributed by atoms with E-state index in [0.29, 0.717) is 10.2 Å². The summed E-state index contributed by atoms with van der Waals surface area (Å²) in [4.78, 5) is 23.6. The van der Waals surface area contributed by atoms with E-state index in [9.17, 15) is 9.59 Å². The molecule has 1 heterocycles. The van der Waals surface area contributed by atoms with Gasteiger partial charge in [-0.05, 0) is 27.9 Å². The van der Waals surface area contributed by atoms with Crippen LogP contribution in [0.5, 0.6) is 0 Å². The summed E-state index contributed by atoms with van der Waals surface area (Å²) < 4.78 is 7.04. The third-order valence-corrected chi connectivity index (χ3v) is 3.65. The average Bonchev–Trinajstić information content (AvgIpc) is 2.36. The fourth-order valence-electron chi connectivity index (χ4n) is 1.76. The van der Waals surface area contributed by atoms with Crippen molar-refractivity contribution in [3.8, 4) is 0 Å². The van der Waals surface area contributed by atoms with Gasteiger partial charge in [-0.1, -0.05) is 20.3 Å². The molecule has 0 saturated heterocycles. The van der Waals surface area contributed by atoms with Crippen LogP contribution >= 0.6 is 15.9 Å². The zero-order chi connectivity index (χ0) is 14.6. The van der Waals surface area contributed by atoms with Gasteiger partial charge in [0.1, 0.15) is 6.10 Å². The molecule has 1 N–H and O–H groups in total. The molecule has 6 heteroatoms. The van der Waals surface area contributed by atoms with Crippen LogP contribution in [0.2, 0.25) is 0 Å². The maximum atomic E-state index is 12.1. The summed E-state index contributed by atoms with van der Waals surface area (Å²) in [5.41, 5.74) is 0.410.